The first kappa shape index (κ1) is 27.4. The van der Waals surface area contributed by atoms with Crippen LogP contribution in [0.2, 0.25) is 0 Å². The third-order valence-corrected chi connectivity index (χ3v) is 8.68. The maximum atomic E-state index is 6.10. The Bertz CT molecular complexity index is 608. The summed E-state index contributed by atoms with van der Waals surface area (Å²) < 4.78 is 12.1. The van der Waals surface area contributed by atoms with E-state index in [0.29, 0.717) is 0 Å². The van der Waals surface area contributed by atoms with E-state index in [-0.39, 0.29) is 0 Å². The van der Waals surface area contributed by atoms with Gasteiger partial charge in [-0.25, -0.2) is 0 Å². The molecule has 2 fully saturated rings. The predicted molar refractivity (Wildman–Crippen MR) is 146 cm³/mol. The van der Waals surface area contributed by atoms with Crippen molar-refractivity contribution in [2.24, 2.45) is 23.7 Å². The zero-order valence-electron chi connectivity index (χ0n) is 22.6. The lowest BCUT2D eigenvalue weighted by molar-refractivity contribution is 0.178. The molecule has 0 radical (unpaired) electrons. The Morgan fingerprint density at radius 3 is 1.62 bits per heavy atom. The van der Waals surface area contributed by atoms with Crippen LogP contribution >= 0.6 is 0 Å². The first-order chi connectivity index (χ1) is 16.8. The summed E-state index contributed by atoms with van der Waals surface area (Å²) in [6.45, 7) is 6.33. The summed E-state index contributed by atoms with van der Waals surface area (Å²) in [5.41, 5.74) is 0. The molecule has 0 aromatic heterocycles. The van der Waals surface area contributed by atoms with Crippen molar-refractivity contribution in [2.75, 3.05) is 13.2 Å². The summed E-state index contributed by atoms with van der Waals surface area (Å²) in [5.74, 6) is 5.64. The molecule has 0 aliphatic heterocycles. The van der Waals surface area contributed by atoms with E-state index >= 15 is 0 Å². The minimum absolute atomic E-state index is 0.741. The van der Waals surface area contributed by atoms with Crippen LogP contribution in [-0.2, 0) is 0 Å². The van der Waals surface area contributed by atoms with Crippen molar-refractivity contribution in [1.82, 2.24) is 0 Å². The lowest BCUT2D eigenvalue weighted by Crippen LogP contribution is -2.20. The van der Waals surface area contributed by atoms with Gasteiger partial charge in [0.25, 0.3) is 0 Å². The van der Waals surface area contributed by atoms with Gasteiger partial charge in [-0.15, -0.1) is 0 Å². The molecule has 2 aliphatic carbocycles. The van der Waals surface area contributed by atoms with Crippen LogP contribution < -0.4 is 9.47 Å². The van der Waals surface area contributed by atoms with E-state index < -0.39 is 0 Å². The van der Waals surface area contributed by atoms with Gasteiger partial charge in [0.15, 0.2) is 0 Å². The molecule has 0 spiro atoms. The van der Waals surface area contributed by atoms with Gasteiger partial charge >= 0.3 is 0 Å². The van der Waals surface area contributed by atoms with Crippen molar-refractivity contribution in [3.63, 3.8) is 0 Å². The zero-order valence-corrected chi connectivity index (χ0v) is 22.6. The molecule has 1 aromatic carbocycles. The fourth-order valence-electron chi connectivity index (χ4n) is 6.35. The van der Waals surface area contributed by atoms with Gasteiger partial charge in [0, 0.05) is 0 Å². The van der Waals surface area contributed by atoms with Crippen molar-refractivity contribution in [3.8, 4) is 11.5 Å². The number of hydrogen-bond donors (Lipinski definition) is 0. The topological polar surface area (TPSA) is 18.5 Å². The normalized spacial score (nSPS) is 25.2. The smallest absolute Gasteiger partial charge is 0.119 e. The molecule has 0 heterocycles. The highest BCUT2D eigenvalue weighted by atomic mass is 16.5. The van der Waals surface area contributed by atoms with Crippen molar-refractivity contribution in [2.45, 2.75) is 129 Å². The van der Waals surface area contributed by atoms with Crippen LogP contribution in [0, 0.1) is 23.7 Å². The largest absolute Gasteiger partial charge is 0.494 e. The van der Waals surface area contributed by atoms with E-state index in [1.165, 1.54) is 116 Å². The van der Waals surface area contributed by atoms with Crippen molar-refractivity contribution >= 4 is 0 Å². The average Bonchev–Trinajstić information content (AvgIpc) is 2.88. The Morgan fingerprint density at radius 2 is 1.03 bits per heavy atom. The van der Waals surface area contributed by atoms with Crippen molar-refractivity contribution in [1.29, 1.82) is 0 Å². The Labute approximate surface area is 211 Å². The zero-order chi connectivity index (χ0) is 23.8. The van der Waals surface area contributed by atoms with Gasteiger partial charge < -0.3 is 9.47 Å². The standard InChI is InChI=1S/C32H54O2/c1-3-5-6-7-8-11-28-13-15-29(16-14-28)12-9-25-33-31-21-23-32(24-22-31)34-26-30-19-17-27(10-4-2)18-20-30/h21-24,27-30H,3-20,25-26H2,1-2H3/t27-,28-,29-,30-. The molecule has 0 saturated heterocycles. The summed E-state index contributed by atoms with van der Waals surface area (Å²) in [5, 5.41) is 0. The fraction of sp³-hybridized carbons (Fsp3) is 0.812. The second-order valence-corrected chi connectivity index (χ2v) is 11.5. The number of hydrogen-bond acceptors (Lipinski definition) is 2. The second-order valence-electron chi connectivity index (χ2n) is 11.5. The van der Waals surface area contributed by atoms with Gasteiger partial charge in [0.05, 0.1) is 13.2 Å². The Kier molecular flexibility index (Phi) is 13.3. The molecule has 2 nitrogen and oxygen atoms in total. The molecule has 0 bridgehead atoms. The quantitative estimate of drug-likeness (QED) is 0.224. The Balaban J connectivity index is 1.20. The Hall–Kier alpha value is -1.18. The molecule has 0 unspecified atom stereocenters. The van der Waals surface area contributed by atoms with Crippen LogP contribution in [0.15, 0.2) is 24.3 Å². The molecule has 194 valence electrons. The van der Waals surface area contributed by atoms with E-state index in [1.54, 1.807) is 0 Å². The first-order valence-electron chi connectivity index (χ1n) is 15.1. The van der Waals surface area contributed by atoms with Gasteiger partial charge in [-0.05, 0) is 73.6 Å². The summed E-state index contributed by atoms with van der Waals surface area (Å²) in [6, 6.07) is 8.33. The summed E-state index contributed by atoms with van der Waals surface area (Å²) >= 11 is 0. The molecule has 1 aromatic rings. The van der Waals surface area contributed by atoms with Gasteiger partial charge in [-0.1, -0.05) is 104 Å². The van der Waals surface area contributed by atoms with Gasteiger partial charge in [0.2, 0.25) is 0 Å². The molecule has 2 aliphatic rings. The monoisotopic (exact) mass is 470 g/mol. The van der Waals surface area contributed by atoms with Crippen molar-refractivity contribution < 1.29 is 9.47 Å². The van der Waals surface area contributed by atoms with Crippen LogP contribution in [-0.4, -0.2) is 13.2 Å². The molecule has 0 atom stereocenters. The second kappa shape index (κ2) is 16.5. The number of ether oxygens (including phenoxy) is 2. The SMILES string of the molecule is CCCCCCC[C@H]1CC[C@H](CCCOc2ccc(OC[C@H]3CC[C@H](CCC)CC3)cc2)CC1. The average molecular weight is 471 g/mol. The maximum Gasteiger partial charge on any atom is 0.119 e. The summed E-state index contributed by atoms with van der Waals surface area (Å²) in [7, 11) is 0. The third-order valence-electron chi connectivity index (χ3n) is 8.68. The molecule has 2 heteroatoms. The highest BCUT2D eigenvalue weighted by molar-refractivity contribution is 5.31. The molecular formula is C32H54O2. The van der Waals surface area contributed by atoms with E-state index in [2.05, 4.69) is 38.1 Å². The summed E-state index contributed by atoms with van der Waals surface area (Å²) in [4.78, 5) is 0. The van der Waals surface area contributed by atoms with Crippen LogP contribution in [0.3, 0.4) is 0 Å². The molecule has 2 saturated carbocycles. The van der Waals surface area contributed by atoms with E-state index in [9.17, 15) is 0 Å². The van der Waals surface area contributed by atoms with Gasteiger partial charge in [-0.2, -0.15) is 0 Å². The first-order valence-corrected chi connectivity index (χ1v) is 15.1. The van der Waals surface area contributed by atoms with E-state index in [1.807, 2.05) is 0 Å². The third kappa shape index (κ3) is 10.6. The number of rotatable bonds is 16. The lowest BCUT2D eigenvalue weighted by Gasteiger charge is -2.28. The molecular weight excluding hydrogens is 416 g/mol. The molecule has 3 rings (SSSR count). The maximum absolute atomic E-state index is 6.10. The summed E-state index contributed by atoms with van der Waals surface area (Å²) in [6.07, 6.45) is 25.2. The van der Waals surface area contributed by atoms with Gasteiger partial charge in [-0.3, -0.25) is 0 Å². The minimum atomic E-state index is 0.741. The molecule has 0 amide bonds. The van der Waals surface area contributed by atoms with Gasteiger partial charge in [0.1, 0.15) is 11.5 Å². The van der Waals surface area contributed by atoms with Crippen LogP contribution in [0.4, 0.5) is 0 Å². The highest BCUT2D eigenvalue weighted by Gasteiger charge is 2.21. The van der Waals surface area contributed by atoms with Crippen molar-refractivity contribution in [3.05, 3.63) is 24.3 Å². The van der Waals surface area contributed by atoms with Crippen LogP contribution in [0.1, 0.15) is 129 Å². The predicted octanol–water partition coefficient (Wildman–Crippen LogP) is 10.00. The molecule has 34 heavy (non-hydrogen) atoms. The minimum Gasteiger partial charge on any atom is -0.494 e. The highest BCUT2D eigenvalue weighted by Crippen LogP contribution is 2.35. The van der Waals surface area contributed by atoms with Crippen LogP contribution in [0.25, 0.3) is 0 Å². The fourth-order valence-corrected chi connectivity index (χ4v) is 6.35. The van der Waals surface area contributed by atoms with E-state index in [4.69, 9.17) is 9.47 Å². The van der Waals surface area contributed by atoms with E-state index in [0.717, 1.165) is 48.4 Å². The Morgan fingerprint density at radius 1 is 0.529 bits per heavy atom. The molecule has 0 N–H and O–H groups in total. The number of unbranched alkanes of at least 4 members (excludes halogenated alkanes) is 4. The van der Waals surface area contributed by atoms with Crippen LogP contribution in [0.5, 0.6) is 11.5 Å². The number of benzene rings is 1. The lowest BCUT2D eigenvalue weighted by atomic mass is 9.78.